The third kappa shape index (κ3) is 5.26. The van der Waals surface area contributed by atoms with E-state index < -0.39 is 0 Å². The van der Waals surface area contributed by atoms with Crippen LogP contribution in [0.5, 0.6) is 0 Å². The van der Waals surface area contributed by atoms with E-state index in [1.807, 2.05) is 0 Å². The van der Waals surface area contributed by atoms with E-state index >= 15 is 0 Å². The standard InChI is InChI=1S/C50H41N3/c1-34-21-23-35(24-22-34)43-31-36(25-28-46(43)51(2)38-13-5-3-6-14-38)37-26-29-49-44(32-37)41-17-9-12-20-48(41)53(49)40-27-30-50-45(33-40)42-18-10-11-19-47(42)52(50)39-15-7-4-8-16-39/h3-21,23,25-35H,22,24H2,1-2H3. The van der Waals surface area contributed by atoms with Gasteiger partial charge in [0.25, 0.3) is 0 Å². The molecule has 53 heavy (non-hydrogen) atoms. The summed E-state index contributed by atoms with van der Waals surface area (Å²) in [5.74, 6) is 1.02. The Bertz CT molecular complexity index is 2820. The zero-order chi connectivity index (χ0) is 35.5. The van der Waals surface area contributed by atoms with Crippen LogP contribution in [-0.4, -0.2) is 16.2 Å². The lowest BCUT2D eigenvalue weighted by Crippen LogP contribution is -2.14. The Kier molecular flexibility index (Phi) is 7.54. The van der Waals surface area contributed by atoms with Crippen LogP contribution in [0, 0.1) is 5.92 Å². The molecule has 256 valence electrons. The highest BCUT2D eigenvalue weighted by atomic mass is 15.1. The predicted octanol–water partition coefficient (Wildman–Crippen LogP) is 13.4. The zero-order valence-electron chi connectivity index (χ0n) is 30.2. The molecular weight excluding hydrogens is 643 g/mol. The largest absolute Gasteiger partial charge is 0.344 e. The number of para-hydroxylation sites is 4. The minimum Gasteiger partial charge on any atom is -0.344 e. The van der Waals surface area contributed by atoms with Gasteiger partial charge in [-0.25, -0.2) is 0 Å². The summed E-state index contributed by atoms with van der Waals surface area (Å²) in [6.45, 7) is 2.33. The van der Waals surface area contributed by atoms with Gasteiger partial charge in [0.1, 0.15) is 0 Å². The first-order valence-corrected chi connectivity index (χ1v) is 18.9. The molecule has 0 aliphatic heterocycles. The fourth-order valence-corrected chi connectivity index (χ4v) is 8.73. The molecule has 0 saturated carbocycles. The topological polar surface area (TPSA) is 13.1 Å². The number of nitrogens with zero attached hydrogens (tertiary/aromatic N) is 3. The fraction of sp³-hybridized carbons (Fsp3) is 0.120. The maximum Gasteiger partial charge on any atom is 0.0542 e. The van der Waals surface area contributed by atoms with E-state index in [0.29, 0.717) is 11.8 Å². The first-order valence-electron chi connectivity index (χ1n) is 18.9. The molecule has 2 atom stereocenters. The molecule has 1 aliphatic carbocycles. The maximum absolute atomic E-state index is 2.45. The van der Waals surface area contributed by atoms with Crippen LogP contribution < -0.4 is 4.90 Å². The second-order valence-electron chi connectivity index (χ2n) is 14.7. The number of rotatable bonds is 6. The van der Waals surface area contributed by atoms with Gasteiger partial charge >= 0.3 is 0 Å². The fourth-order valence-electron chi connectivity index (χ4n) is 8.73. The summed E-state index contributed by atoms with van der Waals surface area (Å²) in [6.07, 6.45) is 7.23. The van der Waals surface area contributed by atoms with Gasteiger partial charge in [-0.05, 0) is 114 Å². The van der Waals surface area contributed by atoms with Gasteiger partial charge in [-0.2, -0.15) is 0 Å². The Balaban J connectivity index is 1.12. The Hall–Kier alpha value is -6.32. The van der Waals surface area contributed by atoms with Crippen LogP contribution in [-0.2, 0) is 0 Å². The van der Waals surface area contributed by atoms with Gasteiger partial charge in [0.15, 0.2) is 0 Å². The second-order valence-corrected chi connectivity index (χ2v) is 14.7. The lowest BCUT2D eigenvalue weighted by atomic mass is 9.83. The van der Waals surface area contributed by atoms with Crippen molar-refractivity contribution < 1.29 is 0 Å². The van der Waals surface area contributed by atoms with Crippen molar-refractivity contribution >= 4 is 55.0 Å². The van der Waals surface area contributed by atoms with Crippen molar-refractivity contribution in [1.29, 1.82) is 0 Å². The molecule has 0 radical (unpaired) electrons. The van der Waals surface area contributed by atoms with Crippen molar-refractivity contribution in [2.45, 2.75) is 25.7 Å². The summed E-state index contributed by atoms with van der Waals surface area (Å²) in [5, 5.41) is 5.05. The van der Waals surface area contributed by atoms with Crippen LogP contribution >= 0.6 is 0 Å². The number of aromatic nitrogens is 2. The van der Waals surface area contributed by atoms with Gasteiger partial charge in [-0.15, -0.1) is 0 Å². The molecule has 10 rings (SSSR count). The van der Waals surface area contributed by atoms with Crippen LogP contribution in [0.3, 0.4) is 0 Å². The first-order chi connectivity index (χ1) is 26.1. The summed E-state index contributed by atoms with van der Waals surface area (Å²) in [7, 11) is 2.20. The van der Waals surface area contributed by atoms with Crippen LogP contribution in [0.1, 0.15) is 31.2 Å². The van der Waals surface area contributed by atoms with Crippen molar-refractivity contribution in [3.05, 3.63) is 182 Å². The third-order valence-electron chi connectivity index (χ3n) is 11.5. The van der Waals surface area contributed by atoms with E-state index in [-0.39, 0.29) is 0 Å². The first kappa shape index (κ1) is 31.4. The highest BCUT2D eigenvalue weighted by molar-refractivity contribution is 6.12. The van der Waals surface area contributed by atoms with Gasteiger partial charge in [-0.1, -0.05) is 104 Å². The van der Waals surface area contributed by atoms with E-state index in [4.69, 9.17) is 0 Å². The number of hydrogen-bond donors (Lipinski definition) is 0. The molecule has 7 aromatic carbocycles. The van der Waals surface area contributed by atoms with Gasteiger partial charge in [0.05, 0.1) is 22.1 Å². The normalized spacial score (nSPS) is 15.9. The average molecular weight is 684 g/mol. The predicted molar refractivity (Wildman–Crippen MR) is 225 cm³/mol. The van der Waals surface area contributed by atoms with E-state index in [1.54, 1.807) is 0 Å². The summed E-state index contributed by atoms with van der Waals surface area (Å²) in [4.78, 5) is 2.34. The molecule has 1 aliphatic rings. The van der Waals surface area contributed by atoms with Gasteiger partial charge in [0, 0.05) is 57.3 Å². The van der Waals surface area contributed by atoms with Crippen LogP contribution in [0.25, 0.3) is 66.1 Å². The minimum atomic E-state index is 0.390. The molecule has 2 heterocycles. The quantitative estimate of drug-likeness (QED) is 0.159. The summed E-state index contributed by atoms with van der Waals surface area (Å²) in [6, 6.07) is 60.1. The van der Waals surface area contributed by atoms with Gasteiger partial charge in [0.2, 0.25) is 0 Å². The Morgan fingerprint density at radius 1 is 0.472 bits per heavy atom. The molecule has 0 amide bonds. The monoisotopic (exact) mass is 683 g/mol. The Morgan fingerprint density at radius 3 is 1.74 bits per heavy atom. The Morgan fingerprint density at radius 2 is 1.04 bits per heavy atom. The van der Waals surface area contributed by atoms with Gasteiger partial charge < -0.3 is 14.0 Å². The molecular formula is C50H41N3. The number of benzene rings is 7. The lowest BCUT2D eigenvalue weighted by Gasteiger charge is -2.28. The second kappa shape index (κ2) is 12.7. The highest BCUT2D eigenvalue weighted by Gasteiger charge is 2.22. The lowest BCUT2D eigenvalue weighted by molar-refractivity contribution is 0.546. The van der Waals surface area contributed by atoms with E-state index in [1.165, 1.54) is 89.5 Å². The summed E-state index contributed by atoms with van der Waals surface area (Å²) < 4.78 is 4.83. The van der Waals surface area contributed by atoms with Crippen molar-refractivity contribution in [1.82, 2.24) is 9.13 Å². The molecule has 9 aromatic rings. The molecule has 0 spiro atoms. The van der Waals surface area contributed by atoms with Crippen molar-refractivity contribution in [3.8, 4) is 22.5 Å². The summed E-state index contributed by atoms with van der Waals surface area (Å²) >= 11 is 0. The Labute approximate surface area is 310 Å². The SMILES string of the molecule is CC1C=CC(c2cc(-c3ccc4c(c3)c3ccccc3n4-c3ccc4c(c3)c3ccccc3n4-c3ccccc3)ccc2N(C)c2ccccc2)CC1. The molecule has 3 heteroatoms. The molecule has 0 saturated heterocycles. The molecule has 2 unspecified atom stereocenters. The molecule has 3 nitrogen and oxygen atoms in total. The highest BCUT2D eigenvalue weighted by Crippen LogP contribution is 2.42. The van der Waals surface area contributed by atoms with Crippen LogP contribution in [0.4, 0.5) is 11.4 Å². The molecule has 0 N–H and O–H groups in total. The zero-order valence-corrected chi connectivity index (χ0v) is 30.2. The van der Waals surface area contributed by atoms with E-state index in [9.17, 15) is 0 Å². The summed E-state index contributed by atoms with van der Waals surface area (Å²) in [5.41, 5.74) is 13.6. The number of anilines is 2. The molecule has 0 bridgehead atoms. The van der Waals surface area contributed by atoms with Crippen LogP contribution in [0.2, 0.25) is 0 Å². The average Bonchev–Trinajstić information content (AvgIpc) is 3.73. The molecule has 2 aromatic heterocycles. The molecule has 0 fully saturated rings. The van der Waals surface area contributed by atoms with E-state index in [0.717, 1.165) is 6.42 Å². The van der Waals surface area contributed by atoms with Crippen molar-refractivity contribution in [2.24, 2.45) is 5.92 Å². The maximum atomic E-state index is 2.45. The minimum absolute atomic E-state index is 0.390. The van der Waals surface area contributed by atoms with Gasteiger partial charge in [-0.3, -0.25) is 0 Å². The third-order valence-corrected chi connectivity index (χ3v) is 11.5. The number of allylic oxidation sites excluding steroid dienone is 2. The smallest absolute Gasteiger partial charge is 0.0542 e. The number of hydrogen-bond acceptors (Lipinski definition) is 1. The number of fused-ring (bicyclic) bond motifs is 6. The van der Waals surface area contributed by atoms with Crippen molar-refractivity contribution in [2.75, 3.05) is 11.9 Å². The van der Waals surface area contributed by atoms with Crippen molar-refractivity contribution in [3.63, 3.8) is 0 Å². The van der Waals surface area contributed by atoms with E-state index in [2.05, 4.69) is 204 Å². The van der Waals surface area contributed by atoms with Crippen LogP contribution in [0.15, 0.2) is 176 Å².